The average Bonchev–Trinajstić information content (AvgIpc) is 1.87. The van der Waals surface area contributed by atoms with Gasteiger partial charge in [-0.25, -0.2) is 0 Å². The third-order valence-electron chi connectivity index (χ3n) is 1.10. The quantitative estimate of drug-likeness (QED) is 0.411. The van der Waals surface area contributed by atoms with E-state index in [0.29, 0.717) is 0 Å². The maximum atomic E-state index is 2.21. The molecule has 0 aliphatic rings. The molecule has 0 rings (SSSR count). The first-order chi connectivity index (χ1) is 4.77. The zero-order valence-corrected chi connectivity index (χ0v) is 7.09. The van der Waals surface area contributed by atoms with Crippen LogP contribution < -0.4 is 0 Å². The number of hydrogen-bond acceptors (Lipinski definition) is 0. The Labute approximate surface area is 64.0 Å². The van der Waals surface area contributed by atoms with Gasteiger partial charge in [-0.05, 0) is 27.2 Å². The van der Waals surface area contributed by atoms with Gasteiger partial charge in [0.15, 0.2) is 0 Å². The van der Waals surface area contributed by atoms with Crippen LogP contribution in [0, 0.1) is 0 Å². The Morgan fingerprint density at radius 2 is 1.90 bits per heavy atom. The molecule has 0 unspecified atom stereocenters. The molecular formula is C10H16. The molecule has 0 aromatic heterocycles. The summed E-state index contributed by atoms with van der Waals surface area (Å²) in [7, 11) is 0. The Hall–Kier alpha value is -0.780. The minimum atomic E-state index is 1.05. The summed E-state index contributed by atoms with van der Waals surface area (Å²) in [5.41, 5.74) is 1.38. The fourth-order valence-corrected chi connectivity index (χ4v) is 0.572. The molecule has 0 aromatic rings. The molecule has 0 saturated carbocycles. The summed E-state index contributed by atoms with van der Waals surface area (Å²) in [6.07, 6.45) is 11.5. The molecule has 0 radical (unpaired) electrons. The Balaban J connectivity index is 3.45. The van der Waals surface area contributed by atoms with Crippen molar-refractivity contribution in [2.45, 2.75) is 27.2 Å². The zero-order valence-electron chi connectivity index (χ0n) is 7.09. The Morgan fingerprint density at radius 3 is 2.40 bits per heavy atom. The van der Waals surface area contributed by atoms with E-state index in [4.69, 9.17) is 0 Å². The molecule has 0 aliphatic carbocycles. The average molecular weight is 136 g/mol. The third-order valence-corrected chi connectivity index (χ3v) is 1.10. The van der Waals surface area contributed by atoms with E-state index >= 15 is 0 Å². The molecule has 0 heteroatoms. The van der Waals surface area contributed by atoms with E-state index in [1.165, 1.54) is 5.57 Å². The minimum absolute atomic E-state index is 1.05. The molecule has 0 N–H and O–H groups in total. The molecule has 0 fully saturated rings. The summed E-state index contributed by atoms with van der Waals surface area (Å²) in [5, 5.41) is 0. The van der Waals surface area contributed by atoms with Crippen LogP contribution in [0.4, 0.5) is 0 Å². The fourth-order valence-electron chi connectivity index (χ4n) is 0.572. The summed E-state index contributed by atoms with van der Waals surface area (Å²) in [6, 6.07) is 0. The van der Waals surface area contributed by atoms with Crippen molar-refractivity contribution >= 4 is 0 Å². The second kappa shape index (κ2) is 6.34. The van der Waals surface area contributed by atoms with Crippen molar-refractivity contribution in [2.75, 3.05) is 0 Å². The van der Waals surface area contributed by atoms with Gasteiger partial charge in [0.2, 0.25) is 0 Å². The van der Waals surface area contributed by atoms with E-state index in [1.807, 2.05) is 19.1 Å². The second-order valence-electron chi connectivity index (χ2n) is 2.47. The molecule has 56 valence electrons. The van der Waals surface area contributed by atoms with Crippen molar-refractivity contribution in [2.24, 2.45) is 0 Å². The first-order valence-corrected chi connectivity index (χ1v) is 3.68. The van der Waals surface area contributed by atoms with Crippen molar-refractivity contribution in [3.63, 3.8) is 0 Å². The van der Waals surface area contributed by atoms with Gasteiger partial charge in [0.1, 0.15) is 0 Å². The lowest BCUT2D eigenvalue weighted by Gasteiger charge is -1.83. The topological polar surface area (TPSA) is 0 Å². The number of hydrogen-bond donors (Lipinski definition) is 0. The number of rotatable bonds is 3. The van der Waals surface area contributed by atoms with E-state index in [1.54, 1.807) is 0 Å². The van der Waals surface area contributed by atoms with Crippen LogP contribution in [0.25, 0.3) is 0 Å². The predicted molar refractivity (Wildman–Crippen MR) is 48.0 cm³/mol. The van der Waals surface area contributed by atoms with Crippen LogP contribution in [0.1, 0.15) is 27.2 Å². The van der Waals surface area contributed by atoms with E-state index in [0.717, 1.165) is 6.42 Å². The van der Waals surface area contributed by atoms with Crippen molar-refractivity contribution in [3.05, 3.63) is 36.0 Å². The Bertz CT molecular complexity index is 143. The zero-order chi connectivity index (χ0) is 7.82. The highest BCUT2D eigenvalue weighted by Gasteiger charge is 1.72. The molecule has 10 heavy (non-hydrogen) atoms. The van der Waals surface area contributed by atoms with Gasteiger partial charge in [0.05, 0.1) is 0 Å². The summed E-state index contributed by atoms with van der Waals surface area (Å²) < 4.78 is 0. The van der Waals surface area contributed by atoms with E-state index in [2.05, 4.69) is 32.1 Å². The molecule has 0 heterocycles. The summed E-state index contributed by atoms with van der Waals surface area (Å²) in [6.45, 7) is 6.25. The second-order valence-corrected chi connectivity index (χ2v) is 2.47. The highest BCUT2D eigenvalue weighted by Crippen LogP contribution is 1.93. The largest absolute Gasteiger partial charge is 0.0877 e. The van der Waals surface area contributed by atoms with Gasteiger partial charge in [-0.3, -0.25) is 0 Å². The molecule has 0 amide bonds. The van der Waals surface area contributed by atoms with Crippen LogP contribution in [0.5, 0.6) is 0 Å². The first kappa shape index (κ1) is 9.22. The fraction of sp³-hybridized carbons (Fsp3) is 0.400. The van der Waals surface area contributed by atoms with Crippen molar-refractivity contribution in [3.8, 4) is 0 Å². The maximum absolute atomic E-state index is 2.21. The van der Waals surface area contributed by atoms with Crippen molar-refractivity contribution < 1.29 is 0 Å². The van der Waals surface area contributed by atoms with E-state index < -0.39 is 0 Å². The molecular weight excluding hydrogens is 120 g/mol. The van der Waals surface area contributed by atoms with Gasteiger partial charge >= 0.3 is 0 Å². The van der Waals surface area contributed by atoms with Crippen LogP contribution in [-0.4, -0.2) is 0 Å². The summed E-state index contributed by atoms with van der Waals surface area (Å²) in [5.74, 6) is 0. The monoisotopic (exact) mass is 136 g/mol. The van der Waals surface area contributed by atoms with Crippen LogP contribution in [0.2, 0.25) is 0 Å². The molecule has 0 bridgehead atoms. The highest BCUT2D eigenvalue weighted by atomic mass is 13.8. The van der Waals surface area contributed by atoms with Crippen LogP contribution in [0.15, 0.2) is 36.0 Å². The van der Waals surface area contributed by atoms with Gasteiger partial charge in [0.25, 0.3) is 0 Å². The molecule has 0 saturated heterocycles. The molecule has 0 aromatic carbocycles. The smallest absolute Gasteiger partial charge is 0.0164 e. The van der Waals surface area contributed by atoms with Crippen LogP contribution in [-0.2, 0) is 0 Å². The first-order valence-electron chi connectivity index (χ1n) is 3.68. The lowest BCUT2D eigenvalue weighted by molar-refractivity contribution is 1.28. The van der Waals surface area contributed by atoms with Gasteiger partial charge in [0, 0.05) is 0 Å². The maximum Gasteiger partial charge on any atom is -0.0164 e. The van der Waals surface area contributed by atoms with Crippen molar-refractivity contribution in [1.82, 2.24) is 0 Å². The molecule has 0 aliphatic heterocycles. The molecule has 0 nitrogen and oxygen atoms in total. The summed E-state index contributed by atoms with van der Waals surface area (Å²) in [4.78, 5) is 0. The lowest BCUT2D eigenvalue weighted by Crippen LogP contribution is -1.62. The Morgan fingerprint density at radius 1 is 1.20 bits per heavy atom. The predicted octanol–water partition coefficient (Wildman–Crippen LogP) is 3.48. The van der Waals surface area contributed by atoms with Gasteiger partial charge in [-0.1, -0.05) is 36.0 Å². The number of allylic oxidation sites excluding steroid dienone is 6. The van der Waals surface area contributed by atoms with Crippen LogP contribution >= 0.6 is 0 Å². The van der Waals surface area contributed by atoms with E-state index in [9.17, 15) is 0 Å². The molecule has 0 atom stereocenters. The Kier molecular flexibility index (Phi) is 5.85. The van der Waals surface area contributed by atoms with E-state index in [-0.39, 0.29) is 0 Å². The van der Waals surface area contributed by atoms with Crippen LogP contribution in [0.3, 0.4) is 0 Å². The lowest BCUT2D eigenvalue weighted by atomic mass is 10.2. The van der Waals surface area contributed by atoms with Gasteiger partial charge < -0.3 is 0 Å². The SMILES string of the molecule is CC=CC=CCC=C(C)C. The summed E-state index contributed by atoms with van der Waals surface area (Å²) >= 11 is 0. The standard InChI is InChI=1S/C10H16/c1-4-5-6-7-8-9-10(2)3/h4-7,9H,8H2,1-3H3. The molecule has 0 spiro atoms. The third kappa shape index (κ3) is 7.22. The van der Waals surface area contributed by atoms with Crippen molar-refractivity contribution in [1.29, 1.82) is 0 Å². The van der Waals surface area contributed by atoms with Gasteiger partial charge in [-0.2, -0.15) is 0 Å². The van der Waals surface area contributed by atoms with Gasteiger partial charge in [-0.15, -0.1) is 0 Å². The highest BCUT2D eigenvalue weighted by molar-refractivity contribution is 5.05. The minimum Gasteiger partial charge on any atom is -0.0877 e. The normalized spacial score (nSPS) is 11.1.